The molecule has 1 unspecified atom stereocenters. The molecule has 1 aliphatic heterocycles. The molecule has 0 saturated carbocycles. The molecule has 3 heterocycles. The van der Waals surface area contributed by atoms with Crippen LogP contribution in [0.3, 0.4) is 0 Å². The Morgan fingerprint density at radius 3 is 2.36 bits per heavy atom. The topological polar surface area (TPSA) is 46.8 Å². The van der Waals surface area contributed by atoms with E-state index in [-0.39, 0.29) is 23.7 Å². The van der Waals surface area contributed by atoms with Crippen LogP contribution in [-0.4, -0.2) is 46.0 Å². The molecule has 3 aromatic carbocycles. The molecule has 5 aromatic rings. The molecule has 0 spiro atoms. The van der Waals surface area contributed by atoms with Gasteiger partial charge in [-0.05, 0) is 48.2 Å². The smallest absolute Gasteiger partial charge is 0.234 e. The molecule has 0 aliphatic carbocycles. The number of ether oxygens (including phenoxy) is 1. The molecule has 39 heavy (non-hydrogen) atoms. The number of nitrogens with zero attached hydrogens (tertiary/aromatic N) is 3. The first-order valence-electron chi connectivity index (χ1n) is 13.4. The zero-order chi connectivity index (χ0) is 26.6. The molecule has 7 heteroatoms. The molecule has 5 nitrogen and oxygen atoms in total. The van der Waals surface area contributed by atoms with Gasteiger partial charge >= 0.3 is 0 Å². The number of carbonyl (C=O) groups excluding carboxylic acids is 1. The number of amides is 1. The van der Waals surface area contributed by atoms with Gasteiger partial charge in [-0.3, -0.25) is 9.20 Å². The number of rotatable bonds is 9. The molecule has 6 rings (SSSR count). The van der Waals surface area contributed by atoms with Crippen molar-refractivity contribution in [3.63, 3.8) is 0 Å². The Labute approximate surface area is 231 Å². The first-order valence-corrected chi connectivity index (χ1v) is 14.3. The lowest BCUT2D eigenvalue weighted by Gasteiger charge is -2.30. The summed E-state index contributed by atoms with van der Waals surface area (Å²) in [4.78, 5) is 21.9. The van der Waals surface area contributed by atoms with Gasteiger partial charge in [0.2, 0.25) is 5.91 Å². The van der Waals surface area contributed by atoms with E-state index in [1.807, 2.05) is 71.8 Å². The number of benzene rings is 3. The Hall–Kier alpha value is -3.81. The van der Waals surface area contributed by atoms with Gasteiger partial charge in [0.1, 0.15) is 5.82 Å². The van der Waals surface area contributed by atoms with Gasteiger partial charge in [-0.25, -0.2) is 9.37 Å². The Bertz CT molecular complexity index is 1490. The summed E-state index contributed by atoms with van der Waals surface area (Å²) >= 11 is 1.58. The lowest BCUT2D eigenvalue weighted by Crippen LogP contribution is -2.41. The quantitative estimate of drug-likeness (QED) is 0.212. The van der Waals surface area contributed by atoms with Gasteiger partial charge in [0.25, 0.3) is 0 Å². The van der Waals surface area contributed by atoms with Crippen LogP contribution in [0, 0.1) is 5.82 Å². The van der Waals surface area contributed by atoms with E-state index >= 15 is 0 Å². The Morgan fingerprint density at radius 1 is 1.03 bits per heavy atom. The van der Waals surface area contributed by atoms with Crippen LogP contribution in [0.1, 0.15) is 35.6 Å². The predicted molar refractivity (Wildman–Crippen MR) is 152 cm³/mol. The van der Waals surface area contributed by atoms with Gasteiger partial charge in [-0.1, -0.05) is 60.7 Å². The van der Waals surface area contributed by atoms with Crippen molar-refractivity contribution in [3.8, 4) is 11.3 Å². The minimum Gasteiger partial charge on any atom is -0.376 e. The van der Waals surface area contributed by atoms with Gasteiger partial charge in [0.05, 0.1) is 17.7 Å². The second kappa shape index (κ2) is 11.5. The highest BCUT2D eigenvalue weighted by molar-refractivity contribution is 7.15. The van der Waals surface area contributed by atoms with Crippen LogP contribution in [0.2, 0.25) is 0 Å². The van der Waals surface area contributed by atoms with Crippen LogP contribution < -0.4 is 0 Å². The van der Waals surface area contributed by atoms with E-state index in [0.717, 1.165) is 52.5 Å². The van der Waals surface area contributed by atoms with E-state index in [0.29, 0.717) is 19.5 Å². The number of hydrogen-bond acceptors (Lipinski definition) is 4. The molecule has 0 N–H and O–H groups in total. The zero-order valence-corrected chi connectivity index (χ0v) is 22.4. The second-order valence-corrected chi connectivity index (χ2v) is 10.8. The number of fused-ring (bicyclic) bond motifs is 1. The average molecular weight is 540 g/mol. The maximum Gasteiger partial charge on any atom is 0.234 e. The molecule has 2 aromatic heterocycles. The Morgan fingerprint density at radius 2 is 1.72 bits per heavy atom. The third-order valence-corrected chi connectivity index (χ3v) is 8.22. The average Bonchev–Trinajstić information content (AvgIpc) is 3.72. The van der Waals surface area contributed by atoms with Crippen molar-refractivity contribution in [2.24, 2.45) is 0 Å². The lowest BCUT2D eigenvalue weighted by atomic mass is 9.89. The number of imidazole rings is 1. The first-order chi connectivity index (χ1) is 19.2. The second-order valence-electron chi connectivity index (χ2n) is 9.94. The summed E-state index contributed by atoms with van der Waals surface area (Å²) in [6.07, 6.45) is 4.74. The fraction of sp³-hybridized carbons (Fsp3) is 0.250. The number of carbonyl (C=O) groups is 1. The molecule has 198 valence electrons. The molecule has 0 radical (unpaired) electrons. The molecule has 1 amide bonds. The van der Waals surface area contributed by atoms with E-state index in [1.54, 1.807) is 23.5 Å². The van der Waals surface area contributed by atoms with Crippen molar-refractivity contribution >= 4 is 22.2 Å². The number of aromatic nitrogens is 2. The highest BCUT2D eigenvalue weighted by Gasteiger charge is 2.30. The minimum absolute atomic E-state index is 0.0574. The minimum atomic E-state index is -0.380. The van der Waals surface area contributed by atoms with Crippen molar-refractivity contribution in [1.82, 2.24) is 14.3 Å². The monoisotopic (exact) mass is 539 g/mol. The van der Waals surface area contributed by atoms with E-state index in [1.165, 1.54) is 12.1 Å². The van der Waals surface area contributed by atoms with Crippen LogP contribution >= 0.6 is 11.3 Å². The molecule has 1 fully saturated rings. The third kappa shape index (κ3) is 5.65. The highest BCUT2D eigenvalue weighted by Crippen LogP contribution is 2.29. The van der Waals surface area contributed by atoms with Crippen molar-refractivity contribution < 1.29 is 13.9 Å². The van der Waals surface area contributed by atoms with Crippen molar-refractivity contribution in [3.05, 3.63) is 119 Å². The third-order valence-electron chi connectivity index (χ3n) is 7.33. The van der Waals surface area contributed by atoms with Crippen LogP contribution in [0.5, 0.6) is 0 Å². The predicted octanol–water partition coefficient (Wildman–Crippen LogP) is 6.58. The zero-order valence-electron chi connectivity index (χ0n) is 21.6. The van der Waals surface area contributed by atoms with Crippen LogP contribution in [0.15, 0.2) is 96.5 Å². The van der Waals surface area contributed by atoms with E-state index in [4.69, 9.17) is 9.72 Å². The van der Waals surface area contributed by atoms with Crippen LogP contribution in [-0.2, 0) is 16.0 Å². The van der Waals surface area contributed by atoms with Gasteiger partial charge in [0.15, 0.2) is 4.96 Å². The molecule has 1 aliphatic rings. The summed E-state index contributed by atoms with van der Waals surface area (Å²) in [5.74, 6) is -0.553. The van der Waals surface area contributed by atoms with Gasteiger partial charge < -0.3 is 9.64 Å². The molecule has 1 atom stereocenters. The normalized spacial score (nSPS) is 15.3. The van der Waals surface area contributed by atoms with Gasteiger partial charge in [-0.2, -0.15) is 0 Å². The van der Waals surface area contributed by atoms with E-state index in [2.05, 4.69) is 9.78 Å². The molecule has 1 saturated heterocycles. The van der Waals surface area contributed by atoms with Gasteiger partial charge in [-0.15, -0.1) is 11.3 Å². The van der Waals surface area contributed by atoms with Crippen molar-refractivity contribution in [2.75, 3.05) is 19.7 Å². The summed E-state index contributed by atoms with van der Waals surface area (Å²) in [6, 6.07) is 26.4. The molecular formula is C32H30FN3O2S. The van der Waals surface area contributed by atoms with Gasteiger partial charge in [0, 0.05) is 49.0 Å². The van der Waals surface area contributed by atoms with Crippen LogP contribution in [0.4, 0.5) is 4.39 Å². The van der Waals surface area contributed by atoms with Crippen molar-refractivity contribution in [2.45, 2.75) is 31.3 Å². The fourth-order valence-electron chi connectivity index (χ4n) is 5.30. The highest BCUT2D eigenvalue weighted by atomic mass is 32.1. The van der Waals surface area contributed by atoms with E-state index in [9.17, 15) is 9.18 Å². The van der Waals surface area contributed by atoms with Crippen molar-refractivity contribution in [1.29, 1.82) is 0 Å². The summed E-state index contributed by atoms with van der Waals surface area (Å²) in [5.41, 5.74) is 4.76. The van der Waals surface area contributed by atoms with Crippen LogP contribution in [0.25, 0.3) is 16.2 Å². The number of hydrogen-bond donors (Lipinski definition) is 0. The maximum absolute atomic E-state index is 14.3. The number of thiazole rings is 1. The molecular weight excluding hydrogens is 509 g/mol. The summed E-state index contributed by atoms with van der Waals surface area (Å²) in [6.45, 7) is 1.90. The van der Waals surface area contributed by atoms with E-state index < -0.39 is 0 Å². The lowest BCUT2D eigenvalue weighted by molar-refractivity contribution is -0.133. The summed E-state index contributed by atoms with van der Waals surface area (Å²) in [5, 5.41) is 2.11. The summed E-state index contributed by atoms with van der Waals surface area (Å²) in [7, 11) is 0. The first kappa shape index (κ1) is 25.5. The molecule has 0 bridgehead atoms. The Balaban J connectivity index is 1.27. The largest absolute Gasteiger partial charge is 0.376 e. The summed E-state index contributed by atoms with van der Waals surface area (Å²) < 4.78 is 21.5. The Kier molecular flexibility index (Phi) is 7.52. The SMILES string of the molecule is O=C(C(c1ccccc1)c1ccccc1)N(CCc1csc2nc(-c3ccc(F)cc3)cn12)CC1CCCO1. The number of halogens is 1. The maximum atomic E-state index is 14.3. The fourth-order valence-corrected chi connectivity index (χ4v) is 6.20. The standard InChI is InChI=1S/C32H30FN3O2S/c33-26-15-13-23(14-16-26)29-21-36-27(22-39-32(36)34-29)17-18-35(20-28-12-7-19-38-28)31(37)30(24-8-3-1-4-9-24)25-10-5-2-6-11-25/h1-6,8-11,13-16,21-22,28,30H,7,12,17-20H2.